The van der Waals surface area contributed by atoms with Crippen molar-refractivity contribution >= 4 is 33.2 Å². The molecule has 0 aliphatic rings. The van der Waals surface area contributed by atoms with E-state index in [1.807, 2.05) is 0 Å². The van der Waals surface area contributed by atoms with E-state index in [1.54, 1.807) is 63.2 Å². The number of hydrogen-bond acceptors (Lipinski definition) is 7. The van der Waals surface area contributed by atoms with Gasteiger partial charge >= 0.3 is 0 Å². The second-order valence-corrected chi connectivity index (χ2v) is 11.4. The normalized spacial score (nSPS) is 11.9. The third kappa shape index (κ3) is 7.82. The van der Waals surface area contributed by atoms with Crippen molar-refractivity contribution in [3.8, 4) is 5.75 Å². The highest BCUT2D eigenvalue weighted by molar-refractivity contribution is 7.92. The maximum atomic E-state index is 14.0. The number of ether oxygens (including phenoxy) is 1. The summed E-state index contributed by atoms with van der Waals surface area (Å²) in [4.78, 5) is 39.3. The first-order valence-corrected chi connectivity index (χ1v) is 14.5. The summed E-state index contributed by atoms with van der Waals surface area (Å²) < 4.78 is 33.8. The smallest absolute Gasteiger partial charge is 0.271 e. The highest BCUT2D eigenvalue weighted by atomic mass is 32.2. The molecule has 11 nitrogen and oxygen atoms in total. The molecule has 0 heterocycles. The molecule has 0 saturated heterocycles. The van der Waals surface area contributed by atoms with Gasteiger partial charge in [0.15, 0.2) is 0 Å². The zero-order chi connectivity index (χ0) is 30.2. The summed E-state index contributed by atoms with van der Waals surface area (Å²) in [6.45, 7) is 4.65. The lowest BCUT2D eigenvalue weighted by molar-refractivity contribution is -0.384. The van der Waals surface area contributed by atoms with Crippen molar-refractivity contribution in [2.24, 2.45) is 0 Å². The first-order chi connectivity index (χ1) is 19.5. The number of hydrogen-bond donors (Lipinski definition) is 1. The molecule has 0 saturated carbocycles. The molecule has 0 fully saturated rings. The molecular formula is C29H34N4O7S. The molecule has 3 rings (SSSR count). The summed E-state index contributed by atoms with van der Waals surface area (Å²) in [7, 11) is -2.83. The van der Waals surface area contributed by atoms with E-state index in [9.17, 15) is 28.1 Å². The molecule has 1 unspecified atom stereocenters. The highest BCUT2D eigenvalue weighted by Gasteiger charge is 2.34. The van der Waals surface area contributed by atoms with Crippen LogP contribution in [0, 0.1) is 10.1 Å². The van der Waals surface area contributed by atoms with Crippen molar-refractivity contribution in [2.45, 2.75) is 50.7 Å². The number of anilines is 1. The van der Waals surface area contributed by atoms with Crippen LogP contribution in [0.4, 0.5) is 11.4 Å². The predicted octanol–water partition coefficient (Wildman–Crippen LogP) is 4.13. The molecule has 0 bridgehead atoms. The lowest BCUT2D eigenvalue weighted by Gasteiger charge is -2.33. The van der Waals surface area contributed by atoms with Gasteiger partial charge in [0, 0.05) is 24.7 Å². The van der Waals surface area contributed by atoms with Crippen LogP contribution in [0.15, 0.2) is 83.8 Å². The van der Waals surface area contributed by atoms with Crippen molar-refractivity contribution < 1.29 is 27.7 Å². The molecule has 0 spiro atoms. The summed E-state index contributed by atoms with van der Waals surface area (Å²) >= 11 is 0. The highest BCUT2D eigenvalue weighted by Crippen LogP contribution is 2.28. The van der Waals surface area contributed by atoms with Crippen LogP contribution in [0.25, 0.3) is 0 Å². The van der Waals surface area contributed by atoms with Gasteiger partial charge in [0.05, 0.1) is 22.6 Å². The molecule has 3 aromatic carbocycles. The largest absolute Gasteiger partial charge is 0.497 e. The maximum absolute atomic E-state index is 14.0. The zero-order valence-electron chi connectivity index (χ0n) is 23.4. The van der Waals surface area contributed by atoms with Gasteiger partial charge in [0.2, 0.25) is 11.8 Å². The van der Waals surface area contributed by atoms with E-state index in [0.717, 1.165) is 10.4 Å². The number of nitrogens with one attached hydrogen (secondary N) is 1. The quantitative estimate of drug-likeness (QED) is 0.236. The second-order valence-electron chi connectivity index (χ2n) is 9.56. The molecule has 12 heteroatoms. The van der Waals surface area contributed by atoms with E-state index in [4.69, 9.17) is 4.74 Å². The molecule has 41 heavy (non-hydrogen) atoms. The fourth-order valence-corrected chi connectivity index (χ4v) is 5.70. The van der Waals surface area contributed by atoms with E-state index in [1.165, 1.54) is 42.3 Å². The van der Waals surface area contributed by atoms with Gasteiger partial charge in [-0.2, -0.15) is 0 Å². The van der Waals surface area contributed by atoms with Crippen LogP contribution in [-0.4, -0.2) is 55.8 Å². The average Bonchev–Trinajstić information content (AvgIpc) is 2.95. The molecule has 0 aromatic heterocycles. The first-order valence-electron chi connectivity index (χ1n) is 13.0. The monoisotopic (exact) mass is 582 g/mol. The standard InChI is InChI=1S/C29H34N4O7S/c1-5-27(29(35)30-21(2)3)31(19-22-11-9-14-25(17-22)40-4)28(34)20-32(23-12-10-13-24(18-23)33(36)37)41(38,39)26-15-7-6-8-16-26/h6-18,21,27H,5,19-20H2,1-4H3,(H,30,35). The molecule has 0 aliphatic heterocycles. The van der Waals surface area contributed by atoms with Gasteiger partial charge in [-0.05, 0) is 56.2 Å². The summed E-state index contributed by atoms with van der Waals surface area (Å²) in [6.07, 6.45) is 0.260. The SMILES string of the molecule is CCC(C(=O)NC(C)C)N(Cc1cccc(OC)c1)C(=O)CN(c1cccc([N+](=O)[O-])c1)S(=O)(=O)c1ccccc1. The van der Waals surface area contributed by atoms with Crippen LogP contribution < -0.4 is 14.4 Å². The zero-order valence-corrected chi connectivity index (χ0v) is 24.2. The minimum atomic E-state index is -4.34. The van der Waals surface area contributed by atoms with Crippen LogP contribution in [0.2, 0.25) is 0 Å². The Morgan fingerprint density at radius 2 is 1.68 bits per heavy atom. The van der Waals surface area contributed by atoms with Crippen LogP contribution in [0.3, 0.4) is 0 Å². The van der Waals surface area contributed by atoms with E-state index in [0.29, 0.717) is 11.3 Å². The van der Waals surface area contributed by atoms with Gasteiger partial charge < -0.3 is 15.0 Å². The van der Waals surface area contributed by atoms with Crippen LogP contribution in [0.1, 0.15) is 32.8 Å². The van der Waals surface area contributed by atoms with E-state index in [2.05, 4.69) is 5.32 Å². The number of benzene rings is 3. The summed E-state index contributed by atoms with van der Waals surface area (Å²) in [5.74, 6) is -0.490. The van der Waals surface area contributed by atoms with Crippen molar-refractivity contribution in [2.75, 3.05) is 18.0 Å². The van der Waals surface area contributed by atoms with Gasteiger partial charge in [0.1, 0.15) is 18.3 Å². The Morgan fingerprint density at radius 1 is 1.00 bits per heavy atom. The lowest BCUT2D eigenvalue weighted by atomic mass is 10.1. The number of amides is 2. The van der Waals surface area contributed by atoms with Crippen molar-refractivity contribution in [3.63, 3.8) is 0 Å². The minimum Gasteiger partial charge on any atom is -0.497 e. The van der Waals surface area contributed by atoms with Crippen LogP contribution >= 0.6 is 0 Å². The van der Waals surface area contributed by atoms with E-state index >= 15 is 0 Å². The third-order valence-corrected chi connectivity index (χ3v) is 8.03. The van der Waals surface area contributed by atoms with Gasteiger partial charge in [-0.1, -0.05) is 43.3 Å². The van der Waals surface area contributed by atoms with Crippen LogP contribution in [-0.2, 0) is 26.2 Å². The van der Waals surface area contributed by atoms with Crippen LogP contribution in [0.5, 0.6) is 5.75 Å². The van der Waals surface area contributed by atoms with Crippen molar-refractivity contribution in [3.05, 3.63) is 94.5 Å². The maximum Gasteiger partial charge on any atom is 0.271 e. The van der Waals surface area contributed by atoms with E-state index < -0.39 is 33.4 Å². The number of nitro benzene ring substituents is 1. The predicted molar refractivity (Wildman–Crippen MR) is 155 cm³/mol. The summed E-state index contributed by atoms with van der Waals surface area (Å²) in [5, 5.41) is 14.3. The summed E-state index contributed by atoms with van der Waals surface area (Å²) in [5.41, 5.74) is 0.276. The summed E-state index contributed by atoms with van der Waals surface area (Å²) in [6, 6.07) is 18.5. The number of nitrogens with zero attached hydrogens (tertiary/aromatic N) is 3. The number of nitro groups is 1. The fraction of sp³-hybridized carbons (Fsp3) is 0.310. The van der Waals surface area contributed by atoms with Gasteiger partial charge in [-0.25, -0.2) is 8.42 Å². The third-order valence-electron chi connectivity index (χ3n) is 6.24. The van der Waals surface area contributed by atoms with Gasteiger partial charge in [-0.15, -0.1) is 0 Å². The Bertz CT molecular complexity index is 1480. The average molecular weight is 583 g/mol. The molecule has 1 N–H and O–H groups in total. The lowest BCUT2D eigenvalue weighted by Crippen LogP contribution is -2.53. The van der Waals surface area contributed by atoms with E-state index in [-0.39, 0.29) is 41.2 Å². The molecule has 0 aliphatic carbocycles. The Morgan fingerprint density at radius 3 is 2.29 bits per heavy atom. The minimum absolute atomic E-state index is 0.00574. The molecule has 0 radical (unpaired) electrons. The topological polar surface area (TPSA) is 139 Å². The van der Waals surface area contributed by atoms with Crippen molar-refractivity contribution in [1.82, 2.24) is 10.2 Å². The molecular weight excluding hydrogens is 548 g/mol. The molecule has 3 aromatic rings. The number of carbonyl (C=O) groups is 2. The first kappa shape index (κ1) is 31.1. The number of methoxy groups -OCH3 is 1. The van der Waals surface area contributed by atoms with Gasteiger partial charge in [-0.3, -0.25) is 24.0 Å². The Labute approximate surface area is 239 Å². The molecule has 2 amide bonds. The molecule has 1 atom stereocenters. The Kier molecular flexibility index (Phi) is 10.4. The van der Waals surface area contributed by atoms with Gasteiger partial charge in [0.25, 0.3) is 15.7 Å². The number of rotatable bonds is 13. The number of non-ortho nitro benzene ring substituents is 1. The Balaban J connectivity index is 2.10. The van der Waals surface area contributed by atoms with Crippen molar-refractivity contribution in [1.29, 1.82) is 0 Å². The number of sulfonamides is 1. The fourth-order valence-electron chi connectivity index (χ4n) is 4.28. The Hall–Kier alpha value is -4.45. The molecule has 218 valence electrons. The second kappa shape index (κ2) is 13.8. The number of carbonyl (C=O) groups excluding carboxylic acids is 2.